The van der Waals surface area contributed by atoms with Crippen molar-refractivity contribution in [2.75, 3.05) is 19.8 Å². The Bertz CT molecular complexity index is 2830. The Hall–Kier alpha value is -7.62. The van der Waals surface area contributed by atoms with Crippen LogP contribution in [0.25, 0.3) is 32.9 Å². The fourth-order valence-corrected chi connectivity index (χ4v) is 7.61. The molecule has 0 unspecified atom stereocenters. The summed E-state index contributed by atoms with van der Waals surface area (Å²) >= 11 is 0. The molecule has 15 heteroatoms. The summed E-state index contributed by atoms with van der Waals surface area (Å²) in [4.78, 5) is 63.8. The molecular weight excluding hydrogens is 767 g/mol. The Morgan fingerprint density at radius 2 is 1.67 bits per heavy atom. The number of hydrogen-bond donors (Lipinski definition) is 1. The second kappa shape index (κ2) is 16.0. The smallest absolute Gasteiger partial charge is 0.262 e. The molecule has 9 rings (SSSR count). The number of nitrogens with zero attached hydrogens (tertiary/aromatic N) is 6. The van der Waals surface area contributed by atoms with Crippen LogP contribution in [-0.2, 0) is 21.4 Å². The van der Waals surface area contributed by atoms with Crippen molar-refractivity contribution in [2.45, 2.75) is 43.9 Å². The lowest BCUT2D eigenvalue weighted by atomic mass is 9.92. The van der Waals surface area contributed by atoms with Gasteiger partial charge in [-0.3, -0.25) is 34.4 Å². The fourth-order valence-electron chi connectivity index (χ4n) is 7.61. The zero-order valence-electron chi connectivity index (χ0n) is 32.2. The molecule has 60 heavy (non-hydrogen) atoms. The van der Waals surface area contributed by atoms with E-state index >= 15 is 0 Å². The number of carbonyl (C=O) groups excluding carboxylic acids is 4. The first-order valence-electron chi connectivity index (χ1n) is 19.3. The molecule has 15 nitrogen and oxygen atoms in total. The lowest BCUT2D eigenvalue weighted by molar-refractivity contribution is -0.136. The first kappa shape index (κ1) is 37.9. The number of hydrogen-bond acceptors (Lipinski definition) is 12. The summed E-state index contributed by atoms with van der Waals surface area (Å²) in [6.07, 6.45) is 8.21. The molecule has 4 amide bonds. The van der Waals surface area contributed by atoms with E-state index in [2.05, 4.69) is 68.0 Å². The molecule has 2 aliphatic heterocycles. The van der Waals surface area contributed by atoms with Crippen LogP contribution in [0, 0.1) is 23.2 Å². The lowest BCUT2D eigenvalue weighted by Gasteiger charge is -2.35. The summed E-state index contributed by atoms with van der Waals surface area (Å²) < 4.78 is 25.6. The van der Waals surface area contributed by atoms with Gasteiger partial charge in [0.05, 0.1) is 35.0 Å². The van der Waals surface area contributed by atoms with Crippen molar-refractivity contribution < 1.29 is 38.1 Å². The number of nitrogens with one attached hydrogen (secondary N) is 1. The number of benzene rings is 2. The number of fused-ring (bicyclic) bond motifs is 4. The molecule has 0 spiro atoms. The predicted octanol–water partition coefficient (Wildman–Crippen LogP) is 4.89. The standard InChI is InChI=1S/C45H35N7O8/c1-51-37-12-13-47-24-36(37)33-7-4-26(18-39(33)51)27-5-11-42(49-23-27)60-32-19-31(20-32)59-40-25-48-29(17-28(40)22-46)3-2-14-57-15-16-58-30-6-8-34-35(21-30)45(56)52(44(34)55)38-9-10-41(53)50-43(38)54/h4-8,11-13,17-18,21,23-25,31-32,38H,9-10,14-16,19-20H2,1H3,(H,50,53,54)/t31?,32?,38-/m0/s1. The quantitative estimate of drug-likeness (QED) is 0.106. The van der Waals surface area contributed by atoms with Crippen molar-refractivity contribution in [2.24, 2.45) is 7.05 Å². The van der Waals surface area contributed by atoms with Gasteiger partial charge in [0.2, 0.25) is 17.7 Å². The number of ether oxygens (including phenoxy) is 4. The van der Waals surface area contributed by atoms with Gasteiger partial charge in [0.1, 0.15) is 49.0 Å². The van der Waals surface area contributed by atoms with Gasteiger partial charge in [-0.05, 0) is 60.4 Å². The molecule has 1 atom stereocenters. The van der Waals surface area contributed by atoms with Gasteiger partial charge in [-0.15, -0.1) is 0 Å². The minimum atomic E-state index is -1.04. The first-order chi connectivity index (χ1) is 29.2. The summed E-state index contributed by atoms with van der Waals surface area (Å²) in [5, 5.41) is 14.2. The molecule has 0 bridgehead atoms. The van der Waals surface area contributed by atoms with E-state index in [1.54, 1.807) is 18.3 Å². The number of rotatable bonds is 11. The average Bonchev–Trinajstić information content (AvgIpc) is 3.67. The number of amides is 4. The van der Waals surface area contributed by atoms with Crippen molar-refractivity contribution in [1.82, 2.24) is 29.7 Å². The van der Waals surface area contributed by atoms with Gasteiger partial charge in [-0.2, -0.15) is 5.26 Å². The van der Waals surface area contributed by atoms with Gasteiger partial charge >= 0.3 is 0 Å². The van der Waals surface area contributed by atoms with E-state index < -0.39 is 29.7 Å². The van der Waals surface area contributed by atoms with E-state index in [1.807, 2.05) is 30.6 Å². The van der Waals surface area contributed by atoms with Gasteiger partial charge in [0.15, 0.2) is 5.75 Å². The minimum Gasteiger partial charge on any atom is -0.491 e. The Kier molecular flexibility index (Phi) is 10.1. The summed E-state index contributed by atoms with van der Waals surface area (Å²) in [5.41, 5.74) is 5.31. The Morgan fingerprint density at radius 1 is 0.833 bits per heavy atom. The average molecular weight is 802 g/mol. The molecule has 3 aliphatic rings. The van der Waals surface area contributed by atoms with Crippen molar-refractivity contribution >= 4 is 45.4 Å². The summed E-state index contributed by atoms with van der Waals surface area (Å²) in [5.74, 6) is 4.72. The Balaban J connectivity index is 0.710. The zero-order valence-corrected chi connectivity index (χ0v) is 32.2. The Morgan fingerprint density at radius 3 is 2.48 bits per heavy atom. The highest BCUT2D eigenvalue weighted by Crippen LogP contribution is 2.34. The SMILES string of the molecule is Cn1c2ccncc2c2ccc(-c3ccc(OC4CC(Oc5cnc(C#CCOCCOc6ccc7c(c6)C(=O)N([C@H]6CCC(=O)NC6=O)C7=O)cc5C#N)C4)nc3)cc21. The van der Waals surface area contributed by atoms with Gasteiger partial charge in [0, 0.05) is 72.8 Å². The molecule has 4 aromatic heterocycles. The number of imide groups is 2. The predicted molar refractivity (Wildman–Crippen MR) is 215 cm³/mol. The Labute approximate surface area is 342 Å². The van der Waals surface area contributed by atoms with Crippen LogP contribution in [0.5, 0.6) is 17.4 Å². The van der Waals surface area contributed by atoms with E-state index in [0.29, 0.717) is 41.5 Å². The van der Waals surface area contributed by atoms with E-state index in [1.165, 1.54) is 18.3 Å². The van der Waals surface area contributed by atoms with Crippen LogP contribution in [0.15, 0.2) is 85.5 Å². The highest BCUT2D eigenvalue weighted by Gasteiger charge is 2.44. The number of piperidine rings is 1. The number of aryl methyl sites for hydroxylation is 1. The van der Waals surface area contributed by atoms with Crippen molar-refractivity contribution in [1.29, 1.82) is 5.26 Å². The lowest BCUT2D eigenvalue weighted by Crippen LogP contribution is -2.54. The van der Waals surface area contributed by atoms with Gasteiger partial charge in [0.25, 0.3) is 11.8 Å². The molecule has 1 saturated carbocycles. The molecule has 2 fully saturated rings. The third-order valence-corrected chi connectivity index (χ3v) is 10.8. The van der Waals surface area contributed by atoms with Crippen LogP contribution in [0.2, 0.25) is 0 Å². The largest absolute Gasteiger partial charge is 0.491 e. The molecule has 6 heterocycles. The summed E-state index contributed by atoms with van der Waals surface area (Å²) in [6, 6.07) is 19.5. The highest BCUT2D eigenvalue weighted by molar-refractivity contribution is 6.23. The number of pyridine rings is 3. The zero-order chi connectivity index (χ0) is 41.3. The summed E-state index contributed by atoms with van der Waals surface area (Å²) in [7, 11) is 2.06. The molecule has 6 aromatic rings. The second-order valence-corrected chi connectivity index (χ2v) is 14.6. The maximum Gasteiger partial charge on any atom is 0.262 e. The topological polar surface area (TPSA) is 188 Å². The fraction of sp³-hybridized carbons (Fsp3) is 0.244. The van der Waals surface area contributed by atoms with Gasteiger partial charge in [-0.25, -0.2) is 9.97 Å². The van der Waals surface area contributed by atoms with Crippen molar-refractivity contribution in [3.05, 3.63) is 108 Å². The van der Waals surface area contributed by atoms with Crippen molar-refractivity contribution in [3.63, 3.8) is 0 Å². The first-order valence-corrected chi connectivity index (χ1v) is 19.3. The van der Waals surface area contributed by atoms with Gasteiger partial charge in [-0.1, -0.05) is 18.1 Å². The van der Waals surface area contributed by atoms with E-state index in [4.69, 9.17) is 18.9 Å². The third-order valence-electron chi connectivity index (χ3n) is 10.8. The third kappa shape index (κ3) is 7.34. The molecule has 1 aliphatic carbocycles. The van der Waals surface area contributed by atoms with E-state index in [-0.39, 0.29) is 56.0 Å². The molecule has 1 N–H and O–H groups in total. The molecule has 1 saturated heterocycles. The highest BCUT2D eigenvalue weighted by atomic mass is 16.5. The maximum atomic E-state index is 13.0. The van der Waals surface area contributed by atoms with Crippen LogP contribution in [0.3, 0.4) is 0 Å². The van der Waals surface area contributed by atoms with Crippen LogP contribution in [0.1, 0.15) is 57.7 Å². The molecule has 298 valence electrons. The monoisotopic (exact) mass is 801 g/mol. The van der Waals surface area contributed by atoms with Crippen LogP contribution >= 0.6 is 0 Å². The molecule has 2 aromatic carbocycles. The van der Waals surface area contributed by atoms with E-state index in [0.717, 1.165) is 37.8 Å². The molecule has 0 radical (unpaired) electrons. The van der Waals surface area contributed by atoms with Crippen LogP contribution in [0.4, 0.5) is 0 Å². The minimum absolute atomic E-state index is 0.0432. The van der Waals surface area contributed by atoms with Crippen LogP contribution < -0.4 is 19.5 Å². The summed E-state index contributed by atoms with van der Waals surface area (Å²) in [6.45, 7) is 0.393. The number of carbonyl (C=O) groups is 4. The van der Waals surface area contributed by atoms with Gasteiger partial charge < -0.3 is 23.5 Å². The van der Waals surface area contributed by atoms with Crippen molar-refractivity contribution in [3.8, 4) is 46.4 Å². The number of aromatic nitrogens is 4. The normalized spacial score (nSPS) is 18.3. The second-order valence-electron chi connectivity index (χ2n) is 14.6. The maximum absolute atomic E-state index is 13.0. The molecular formula is C45H35N7O8. The number of nitriles is 1. The van der Waals surface area contributed by atoms with E-state index in [9.17, 15) is 24.4 Å². The van der Waals surface area contributed by atoms with Crippen LogP contribution in [-0.4, -0.2) is 86.1 Å².